The number of nitrogens with zero attached hydrogens (tertiary/aromatic N) is 1. The van der Waals surface area contributed by atoms with Gasteiger partial charge < -0.3 is 9.32 Å². The van der Waals surface area contributed by atoms with Gasteiger partial charge >= 0.3 is 0 Å². The summed E-state index contributed by atoms with van der Waals surface area (Å²) in [4.78, 5) is 13.9. The number of hydrogen-bond donors (Lipinski definition) is 1. The van der Waals surface area contributed by atoms with E-state index in [1.807, 2.05) is 24.0 Å². The van der Waals surface area contributed by atoms with Crippen LogP contribution in [-0.2, 0) is 11.3 Å². The van der Waals surface area contributed by atoms with Crippen molar-refractivity contribution < 1.29 is 9.21 Å². The van der Waals surface area contributed by atoms with Gasteiger partial charge in [0, 0.05) is 6.04 Å². The normalized spacial score (nSPS) is 14.2. The Morgan fingerprint density at radius 3 is 2.94 bits per heavy atom. The minimum Gasteiger partial charge on any atom is -0.464 e. The standard InChI is InChI=1S/C14H18N2O2/c1-3-8-15-9-14(17)16(12-5-6-12)10-13-7-4-11(2)18-13/h1,4,7,12,15H,5-6,8-10H2,2H3. The Morgan fingerprint density at radius 2 is 2.39 bits per heavy atom. The first-order valence-electron chi connectivity index (χ1n) is 6.19. The van der Waals surface area contributed by atoms with Gasteiger partial charge in [-0.25, -0.2) is 0 Å². The molecule has 0 aliphatic heterocycles. The molecule has 1 amide bonds. The van der Waals surface area contributed by atoms with Crippen LogP contribution in [0.1, 0.15) is 24.4 Å². The van der Waals surface area contributed by atoms with Crippen LogP contribution in [0.3, 0.4) is 0 Å². The summed E-state index contributed by atoms with van der Waals surface area (Å²) in [5.41, 5.74) is 0. The molecular formula is C14H18N2O2. The van der Waals surface area contributed by atoms with Crippen molar-refractivity contribution in [3.63, 3.8) is 0 Å². The van der Waals surface area contributed by atoms with E-state index in [2.05, 4.69) is 11.2 Å². The predicted molar refractivity (Wildman–Crippen MR) is 68.7 cm³/mol. The first-order valence-corrected chi connectivity index (χ1v) is 6.19. The van der Waals surface area contributed by atoms with E-state index in [9.17, 15) is 4.79 Å². The quantitative estimate of drug-likeness (QED) is 0.608. The molecule has 0 saturated heterocycles. The highest BCUT2D eigenvalue weighted by atomic mass is 16.3. The number of carbonyl (C=O) groups is 1. The summed E-state index contributed by atoms with van der Waals surface area (Å²) in [7, 11) is 0. The maximum Gasteiger partial charge on any atom is 0.237 e. The number of aryl methyl sites for hydroxylation is 1. The Bertz CT molecular complexity index is 455. The molecule has 1 saturated carbocycles. The highest BCUT2D eigenvalue weighted by Gasteiger charge is 2.32. The van der Waals surface area contributed by atoms with Gasteiger partial charge in [-0.05, 0) is 31.9 Å². The lowest BCUT2D eigenvalue weighted by Crippen LogP contribution is -2.39. The number of furan rings is 1. The average Bonchev–Trinajstić information content (AvgIpc) is 3.10. The van der Waals surface area contributed by atoms with Crippen LogP contribution in [0.5, 0.6) is 0 Å². The first-order chi connectivity index (χ1) is 8.70. The zero-order chi connectivity index (χ0) is 13.0. The van der Waals surface area contributed by atoms with Crippen LogP contribution in [0.25, 0.3) is 0 Å². The summed E-state index contributed by atoms with van der Waals surface area (Å²) in [6, 6.07) is 4.21. The number of amides is 1. The maximum absolute atomic E-state index is 12.1. The average molecular weight is 246 g/mol. The summed E-state index contributed by atoms with van der Waals surface area (Å²) < 4.78 is 5.52. The molecule has 1 N–H and O–H groups in total. The molecule has 2 rings (SSSR count). The smallest absolute Gasteiger partial charge is 0.237 e. The molecule has 0 bridgehead atoms. The molecule has 0 aromatic carbocycles. The summed E-state index contributed by atoms with van der Waals surface area (Å²) >= 11 is 0. The Morgan fingerprint density at radius 1 is 1.61 bits per heavy atom. The van der Waals surface area contributed by atoms with Gasteiger partial charge in [0.25, 0.3) is 0 Å². The van der Waals surface area contributed by atoms with Crippen LogP contribution in [0.15, 0.2) is 16.5 Å². The Labute approximate surface area is 107 Å². The summed E-state index contributed by atoms with van der Waals surface area (Å²) in [6.45, 7) is 3.17. The minimum absolute atomic E-state index is 0.0850. The predicted octanol–water partition coefficient (Wildman–Crippen LogP) is 1.30. The van der Waals surface area contributed by atoms with E-state index in [1.165, 1.54) is 0 Å². The minimum atomic E-state index is 0.0850. The zero-order valence-corrected chi connectivity index (χ0v) is 10.6. The molecule has 0 unspecified atom stereocenters. The largest absolute Gasteiger partial charge is 0.464 e. The highest BCUT2D eigenvalue weighted by molar-refractivity contribution is 5.78. The lowest BCUT2D eigenvalue weighted by atomic mass is 10.3. The van der Waals surface area contributed by atoms with Crippen molar-refractivity contribution in [3.8, 4) is 12.3 Å². The molecule has 18 heavy (non-hydrogen) atoms. The molecule has 1 aromatic rings. The van der Waals surface area contributed by atoms with Crippen LogP contribution in [-0.4, -0.2) is 29.9 Å². The van der Waals surface area contributed by atoms with Crippen LogP contribution in [0, 0.1) is 19.3 Å². The van der Waals surface area contributed by atoms with Gasteiger partial charge in [-0.3, -0.25) is 10.1 Å². The van der Waals surface area contributed by atoms with Gasteiger partial charge in [0.2, 0.25) is 5.91 Å². The molecule has 0 atom stereocenters. The monoisotopic (exact) mass is 246 g/mol. The van der Waals surface area contributed by atoms with E-state index >= 15 is 0 Å². The highest BCUT2D eigenvalue weighted by Crippen LogP contribution is 2.28. The fraction of sp³-hybridized carbons (Fsp3) is 0.500. The Balaban J connectivity index is 1.91. The molecule has 1 heterocycles. The number of hydrogen-bond acceptors (Lipinski definition) is 3. The van der Waals surface area contributed by atoms with Gasteiger partial charge in [0.05, 0.1) is 19.6 Å². The third kappa shape index (κ3) is 3.38. The van der Waals surface area contributed by atoms with Crippen molar-refractivity contribution in [2.24, 2.45) is 0 Å². The van der Waals surface area contributed by atoms with Crippen LogP contribution in [0.4, 0.5) is 0 Å². The molecule has 4 nitrogen and oxygen atoms in total. The van der Waals surface area contributed by atoms with Gasteiger partial charge in [0.15, 0.2) is 0 Å². The third-order valence-electron chi connectivity index (χ3n) is 2.93. The zero-order valence-electron chi connectivity index (χ0n) is 10.6. The van der Waals surface area contributed by atoms with Crippen molar-refractivity contribution >= 4 is 5.91 Å². The van der Waals surface area contributed by atoms with Crippen molar-refractivity contribution in [1.82, 2.24) is 10.2 Å². The Kier molecular flexibility index (Phi) is 4.06. The topological polar surface area (TPSA) is 45.5 Å². The summed E-state index contributed by atoms with van der Waals surface area (Å²) in [6.07, 6.45) is 7.30. The second-order valence-corrected chi connectivity index (χ2v) is 4.57. The van der Waals surface area contributed by atoms with E-state index in [-0.39, 0.29) is 5.91 Å². The van der Waals surface area contributed by atoms with Gasteiger partial charge in [-0.15, -0.1) is 6.42 Å². The van der Waals surface area contributed by atoms with E-state index in [0.29, 0.717) is 25.7 Å². The van der Waals surface area contributed by atoms with Crippen molar-refractivity contribution in [1.29, 1.82) is 0 Å². The third-order valence-corrected chi connectivity index (χ3v) is 2.93. The van der Waals surface area contributed by atoms with Gasteiger partial charge in [-0.1, -0.05) is 5.92 Å². The second kappa shape index (κ2) is 5.74. The molecule has 0 spiro atoms. The van der Waals surface area contributed by atoms with Crippen molar-refractivity contribution in [2.45, 2.75) is 32.4 Å². The summed E-state index contributed by atoms with van der Waals surface area (Å²) in [5, 5.41) is 2.93. The molecule has 96 valence electrons. The number of rotatable bonds is 6. The Hall–Kier alpha value is -1.73. The van der Waals surface area contributed by atoms with E-state index < -0.39 is 0 Å². The number of terminal acetylenes is 1. The fourth-order valence-corrected chi connectivity index (χ4v) is 1.89. The van der Waals surface area contributed by atoms with Crippen LogP contribution in [0.2, 0.25) is 0 Å². The number of nitrogens with one attached hydrogen (secondary N) is 1. The molecule has 1 aliphatic rings. The van der Waals surface area contributed by atoms with Gasteiger partial charge in [-0.2, -0.15) is 0 Å². The lowest BCUT2D eigenvalue weighted by Gasteiger charge is -2.21. The van der Waals surface area contributed by atoms with E-state index in [1.54, 1.807) is 0 Å². The van der Waals surface area contributed by atoms with E-state index in [0.717, 1.165) is 24.4 Å². The van der Waals surface area contributed by atoms with Gasteiger partial charge in [0.1, 0.15) is 11.5 Å². The molecule has 1 aliphatic carbocycles. The number of carbonyl (C=O) groups excluding carboxylic acids is 1. The summed E-state index contributed by atoms with van der Waals surface area (Å²) in [5.74, 6) is 4.26. The molecule has 4 heteroatoms. The fourth-order valence-electron chi connectivity index (χ4n) is 1.89. The second-order valence-electron chi connectivity index (χ2n) is 4.57. The van der Waals surface area contributed by atoms with E-state index in [4.69, 9.17) is 10.8 Å². The maximum atomic E-state index is 12.1. The van der Waals surface area contributed by atoms with Crippen molar-refractivity contribution in [3.05, 3.63) is 23.7 Å². The van der Waals surface area contributed by atoms with Crippen molar-refractivity contribution in [2.75, 3.05) is 13.1 Å². The van der Waals surface area contributed by atoms with Crippen LogP contribution < -0.4 is 5.32 Å². The molecule has 0 radical (unpaired) electrons. The lowest BCUT2D eigenvalue weighted by molar-refractivity contribution is -0.131. The van der Waals surface area contributed by atoms with Crippen LogP contribution >= 0.6 is 0 Å². The molecular weight excluding hydrogens is 228 g/mol. The first kappa shape index (κ1) is 12.7. The SMILES string of the molecule is C#CCNCC(=O)N(Cc1ccc(C)o1)C1CC1. The molecule has 1 aromatic heterocycles. The molecule has 1 fully saturated rings.